The highest BCUT2D eigenvalue weighted by molar-refractivity contribution is 5.71. The number of allylic oxidation sites excluding steroid dienone is 4. The number of carbonyl (C=O) groups excluding carboxylic acids is 3. The van der Waals surface area contributed by atoms with Gasteiger partial charge in [-0.2, -0.15) is 0 Å². The molecule has 0 rings (SSSR count). The smallest absolute Gasteiger partial charge is 0.306 e. The Morgan fingerprint density at radius 1 is 0.297 bits per heavy atom. The van der Waals surface area contributed by atoms with Gasteiger partial charge in [0.1, 0.15) is 13.2 Å². The van der Waals surface area contributed by atoms with Gasteiger partial charge >= 0.3 is 17.9 Å². The Morgan fingerprint density at radius 3 is 0.781 bits per heavy atom. The van der Waals surface area contributed by atoms with Crippen LogP contribution in [0, 0.1) is 0 Å². The van der Waals surface area contributed by atoms with E-state index in [4.69, 9.17) is 14.2 Å². The van der Waals surface area contributed by atoms with Gasteiger partial charge in [0.2, 0.25) is 0 Å². The van der Waals surface area contributed by atoms with E-state index in [1.807, 2.05) is 0 Å². The van der Waals surface area contributed by atoms with Crippen LogP contribution in [0.2, 0.25) is 0 Å². The summed E-state index contributed by atoms with van der Waals surface area (Å²) >= 11 is 0. The lowest BCUT2D eigenvalue weighted by molar-refractivity contribution is -0.167. The van der Waals surface area contributed by atoms with Crippen LogP contribution < -0.4 is 0 Å². The molecule has 0 aromatic heterocycles. The topological polar surface area (TPSA) is 78.9 Å². The van der Waals surface area contributed by atoms with Crippen LogP contribution in [0.5, 0.6) is 0 Å². The average Bonchev–Trinajstić information content (AvgIpc) is 3.29. The van der Waals surface area contributed by atoms with Gasteiger partial charge < -0.3 is 14.2 Å². The van der Waals surface area contributed by atoms with E-state index < -0.39 is 6.10 Å². The molecule has 0 aliphatic carbocycles. The fraction of sp³-hybridized carbons (Fsp3) is 0.879. The van der Waals surface area contributed by atoms with E-state index >= 15 is 0 Å². The maximum Gasteiger partial charge on any atom is 0.306 e. The summed E-state index contributed by atoms with van der Waals surface area (Å²) in [7, 11) is 0. The fourth-order valence-electron chi connectivity index (χ4n) is 8.37. The van der Waals surface area contributed by atoms with E-state index in [0.29, 0.717) is 19.3 Å². The summed E-state index contributed by atoms with van der Waals surface area (Å²) in [4.78, 5) is 38.1. The summed E-state index contributed by atoms with van der Waals surface area (Å²) in [6.45, 7) is 6.66. The minimum Gasteiger partial charge on any atom is -0.462 e. The molecule has 0 saturated heterocycles. The van der Waals surface area contributed by atoms with Crippen molar-refractivity contribution < 1.29 is 28.6 Å². The van der Waals surface area contributed by atoms with Gasteiger partial charge in [0.15, 0.2) is 6.10 Å². The van der Waals surface area contributed by atoms with Crippen LogP contribution in [0.3, 0.4) is 0 Å². The molecule has 0 bridgehead atoms. The van der Waals surface area contributed by atoms with Crippen LogP contribution in [0.4, 0.5) is 0 Å². The summed E-state index contributed by atoms with van der Waals surface area (Å²) in [6, 6.07) is 0. The first-order chi connectivity index (χ1) is 31.5. The van der Waals surface area contributed by atoms with Crippen molar-refractivity contribution in [2.45, 2.75) is 316 Å². The molecule has 0 radical (unpaired) electrons. The molecule has 0 aliphatic heterocycles. The van der Waals surface area contributed by atoms with Crippen molar-refractivity contribution >= 4 is 17.9 Å². The molecule has 0 aromatic carbocycles. The van der Waals surface area contributed by atoms with E-state index in [0.717, 1.165) is 64.2 Å². The quantitative estimate of drug-likeness (QED) is 0.0262. The second-order valence-corrected chi connectivity index (χ2v) is 19.2. The first-order valence-corrected chi connectivity index (χ1v) is 28.3. The monoisotopic (exact) mass is 901 g/mol. The minimum absolute atomic E-state index is 0.0708. The Labute approximate surface area is 398 Å². The lowest BCUT2D eigenvalue weighted by atomic mass is 10.0. The Balaban J connectivity index is 4.30. The van der Waals surface area contributed by atoms with E-state index in [9.17, 15) is 14.4 Å². The Hall–Kier alpha value is -2.11. The molecule has 64 heavy (non-hydrogen) atoms. The summed E-state index contributed by atoms with van der Waals surface area (Å²) in [5.41, 5.74) is 0. The molecule has 0 amide bonds. The van der Waals surface area contributed by atoms with Gasteiger partial charge in [-0.1, -0.05) is 244 Å². The number of unbranched alkanes of at least 4 members (excludes halogenated alkanes) is 37. The molecule has 6 heteroatoms. The Morgan fingerprint density at radius 2 is 0.516 bits per heavy atom. The molecule has 0 N–H and O–H groups in total. The zero-order valence-electron chi connectivity index (χ0n) is 43.1. The van der Waals surface area contributed by atoms with E-state index in [1.54, 1.807) is 0 Å². The van der Waals surface area contributed by atoms with Gasteiger partial charge in [-0.25, -0.2) is 0 Å². The molecular weight excluding hydrogens is 793 g/mol. The summed E-state index contributed by atoms with van der Waals surface area (Å²) in [6.07, 6.45) is 61.6. The molecule has 1 atom stereocenters. The number of hydrogen-bond donors (Lipinski definition) is 0. The number of carbonyl (C=O) groups is 3. The number of ether oxygens (including phenoxy) is 3. The highest BCUT2D eigenvalue weighted by Crippen LogP contribution is 2.16. The molecule has 0 unspecified atom stereocenters. The molecule has 376 valence electrons. The first-order valence-electron chi connectivity index (χ1n) is 28.3. The van der Waals surface area contributed by atoms with Gasteiger partial charge in [-0.05, 0) is 70.6 Å². The predicted molar refractivity (Wildman–Crippen MR) is 275 cm³/mol. The Kier molecular flexibility index (Phi) is 51.7. The third kappa shape index (κ3) is 50.9. The standard InChI is InChI=1S/C58H108O6/c1-4-7-10-13-16-19-22-25-27-28-29-30-32-34-37-39-42-45-48-51-57(60)63-54-55(64-58(61)52-49-46-43-40-35-24-21-18-15-12-9-6-3)53-62-56(59)50-47-44-41-38-36-33-31-26-23-20-17-14-11-8-5-2/h25-27,31,55H,4-24,28-30,32-54H2,1-3H3/b27-25-,31-26-/t55-/m0/s1. The van der Waals surface area contributed by atoms with Gasteiger partial charge in [0.05, 0.1) is 0 Å². The van der Waals surface area contributed by atoms with Gasteiger partial charge in [0, 0.05) is 19.3 Å². The highest BCUT2D eigenvalue weighted by Gasteiger charge is 2.19. The summed E-state index contributed by atoms with van der Waals surface area (Å²) in [5.74, 6) is -0.864. The van der Waals surface area contributed by atoms with Crippen LogP contribution in [-0.4, -0.2) is 37.2 Å². The van der Waals surface area contributed by atoms with Gasteiger partial charge in [-0.15, -0.1) is 0 Å². The molecule has 0 aromatic rings. The van der Waals surface area contributed by atoms with E-state index in [1.165, 1.54) is 205 Å². The maximum absolute atomic E-state index is 12.8. The van der Waals surface area contributed by atoms with E-state index in [2.05, 4.69) is 45.1 Å². The average molecular weight is 901 g/mol. The van der Waals surface area contributed by atoms with Crippen molar-refractivity contribution in [2.24, 2.45) is 0 Å². The number of rotatable bonds is 52. The van der Waals surface area contributed by atoms with Crippen LogP contribution in [-0.2, 0) is 28.6 Å². The van der Waals surface area contributed by atoms with Crippen LogP contribution >= 0.6 is 0 Å². The molecular formula is C58H108O6. The normalized spacial score (nSPS) is 12.1. The van der Waals surface area contributed by atoms with Crippen molar-refractivity contribution in [3.8, 4) is 0 Å². The van der Waals surface area contributed by atoms with Crippen molar-refractivity contribution in [3.63, 3.8) is 0 Å². The second-order valence-electron chi connectivity index (χ2n) is 19.2. The first kappa shape index (κ1) is 61.9. The van der Waals surface area contributed by atoms with Crippen molar-refractivity contribution in [1.82, 2.24) is 0 Å². The second kappa shape index (κ2) is 53.5. The lowest BCUT2D eigenvalue weighted by Crippen LogP contribution is -2.30. The molecule has 0 heterocycles. The summed E-state index contributed by atoms with van der Waals surface area (Å²) < 4.78 is 16.8. The van der Waals surface area contributed by atoms with Crippen molar-refractivity contribution in [1.29, 1.82) is 0 Å². The highest BCUT2D eigenvalue weighted by atomic mass is 16.6. The Bertz CT molecular complexity index is 1040. The molecule has 0 fully saturated rings. The number of esters is 3. The zero-order chi connectivity index (χ0) is 46.5. The molecule has 6 nitrogen and oxygen atoms in total. The van der Waals surface area contributed by atoms with E-state index in [-0.39, 0.29) is 31.1 Å². The zero-order valence-corrected chi connectivity index (χ0v) is 43.1. The minimum atomic E-state index is -0.770. The largest absolute Gasteiger partial charge is 0.462 e. The SMILES string of the molecule is CCCCCCCC/C=C\CCCCCCCCCCCC(=O)OC[C@H](COC(=O)CCCCCCC/C=C\CCCCCCCC)OC(=O)CCCCCCCCCCCCCC. The molecule has 0 aliphatic rings. The summed E-state index contributed by atoms with van der Waals surface area (Å²) in [5, 5.41) is 0. The third-order valence-electron chi connectivity index (χ3n) is 12.7. The van der Waals surface area contributed by atoms with Crippen LogP contribution in [0.15, 0.2) is 24.3 Å². The van der Waals surface area contributed by atoms with Crippen LogP contribution in [0.1, 0.15) is 310 Å². The lowest BCUT2D eigenvalue weighted by Gasteiger charge is -2.18. The van der Waals surface area contributed by atoms with Crippen LogP contribution in [0.25, 0.3) is 0 Å². The number of hydrogen-bond acceptors (Lipinski definition) is 6. The molecule has 0 saturated carbocycles. The van der Waals surface area contributed by atoms with Crippen molar-refractivity contribution in [2.75, 3.05) is 13.2 Å². The van der Waals surface area contributed by atoms with Gasteiger partial charge in [-0.3, -0.25) is 14.4 Å². The fourth-order valence-corrected chi connectivity index (χ4v) is 8.37. The van der Waals surface area contributed by atoms with Crippen molar-refractivity contribution in [3.05, 3.63) is 24.3 Å². The molecule has 0 spiro atoms. The van der Waals surface area contributed by atoms with Gasteiger partial charge in [0.25, 0.3) is 0 Å². The maximum atomic E-state index is 12.8. The third-order valence-corrected chi connectivity index (χ3v) is 12.7. The predicted octanol–water partition coefficient (Wildman–Crippen LogP) is 18.7.